The van der Waals surface area contributed by atoms with E-state index in [0.29, 0.717) is 24.7 Å². The van der Waals surface area contributed by atoms with Gasteiger partial charge in [-0.3, -0.25) is 0 Å². The fraction of sp³-hybridized carbons (Fsp3) is 0.211. The summed E-state index contributed by atoms with van der Waals surface area (Å²) >= 11 is 0. The second-order valence-electron chi connectivity index (χ2n) is 4.95. The monoisotopic (exact) mass is 325 g/mol. The standard InChI is InChI=1S/C19H19NO4/c1-3-10-24-17-9-8-14(11-18(17)23-4-2)13-20-16-7-5-6-15(12-16)19(21)22/h1,5-9,11-12,20H,4,10,13H2,2H3,(H,21,22). The molecular formula is C19H19NO4. The highest BCUT2D eigenvalue weighted by atomic mass is 16.5. The number of anilines is 1. The minimum absolute atomic E-state index is 0.180. The van der Waals surface area contributed by atoms with E-state index in [1.165, 1.54) is 0 Å². The zero-order chi connectivity index (χ0) is 17.4. The smallest absolute Gasteiger partial charge is 0.335 e. The van der Waals surface area contributed by atoms with Gasteiger partial charge in [0.25, 0.3) is 0 Å². The number of hydrogen-bond donors (Lipinski definition) is 2. The van der Waals surface area contributed by atoms with Crippen molar-refractivity contribution in [1.29, 1.82) is 0 Å². The highest BCUT2D eigenvalue weighted by Crippen LogP contribution is 2.28. The third-order valence-corrected chi connectivity index (χ3v) is 3.23. The highest BCUT2D eigenvalue weighted by molar-refractivity contribution is 5.88. The Labute approximate surface area is 141 Å². The van der Waals surface area contributed by atoms with Gasteiger partial charge in [0.05, 0.1) is 12.2 Å². The molecule has 0 amide bonds. The van der Waals surface area contributed by atoms with Gasteiger partial charge in [0, 0.05) is 12.2 Å². The lowest BCUT2D eigenvalue weighted by Crippen LogP contribution is -2.04. The molecular weight excluding hydrogens is 306 g/mol. The van der Waals surface area contributed by atoms with Crippen molar-refractivity contribution in [3.63, 3.8) is 0 Å². The lowest BCUT2D eigenvalue weighted by molar-refractivity contribution is 0.0697. The van der Waals surface area contributed by atoms with Crippen LogP contribution in [0.5, 0.6) is 11.5 Å². The van der Waals surface area contributed by atoms with Crippen molar-refractivity contribution in [3.05, 3.63) is 53.6 Å². The second-order valence-corrected chi connectivity index (χ2v) is 4.95. The molecule has 124 valence electrons. The maximum Gasteiger partial charge on any atom is 0.335 e. The number of terminal acetylenes is 1. The molecule has 2 aromatic carbocycles. The lowest BCUT2D eigenvalue weighted by atomic mass is 10.1. The molecule has 0 aliphatic rings. The largest absolute Gasteiger partial charge is 0.490 e. The Balaban J connectivity index is 2.09. The average Bonchev–Trinajstić information content (AvgIpc) is 2.59. The Bertz CT molecular complexity index is 749. The van der Waals surface area contributed by atoms with Crippen LogP contribution in [0.25, 0.3) is 0 Å². The molecule has 2 rings (SSSR count). The lowest BCUT2D eigenvalue weighted by Gasteiger charge is -2.13. The Hall–Kier alpha value is -3.13. The van der Waals surface area contributed by atoms with Crippen LogP contribution in [0.2, 0.25) is 0 Å². The molecule has 0 saturated carbocycles. The Kier molecular flexibility index (Phi) is 6.09. The number of nitrogens with one attached hydrogen (secondary N) is 1. The second kappa shape index (κ2) is 8.49. The first-order valence-corrected chi connectivity index (χ1v) is 7.53. The number of carboxylic acid groups (broad SMARTS) is 1. The molecule has 0 atom stereocenters. The third kappa shape index (κ3) is 4.68. The fourth-order valence-corrected chi connectivity index (χ4v) is 2.14. The van der Waals surface area contributed by atoms with Crippen LogP contribution in [0.4, 0.5) is 5.69 Å². The molecule has 0 spiro atoms. The van der Waals surface area contributed by atoms with Gasteiger partial charge in [-0.2, -0.15) is 0 Å². The van der Waals surface area contributed by atoms with E-state index in [1.807, 2.05) is 31.2 Å². The average molecular weight is 325 g/mol. The number of carboxylic acids is 1. The van der Waals surface area contributed by atoms with E-state index in [-0.39, 0.29) is 12.2 Å². The number of carbonyl (C=O) groups is 1. The predicted octanol–water partition coefficient (Wildman–Crippen LogP) is 3.41. The van der Waals surface area contributed by atoms with E-state index in [4.69, 9.17) is 21.0 Å². The van der Waals surface area contributed by atoms with Crippen molar-refractivity contribution in [2.45, 2.75) is 13.5 Å². The molecule has 0 radical (unpaired) electrons. The number of benzene rings is 2. The van der Waals surface area contributed by atoms with Crippen molar-refractivity contribution < 1.29 is 19.4 Å². The van der Waals surface area contributed by atoms with E-state index in [1.54, 1.807) is 18.2 Å². The molecule has 0 heterocycles. The molecule has 0 aromatic heterocycles. The molecule has 2 aromatic rings. The van der Waals surface area contributed by atoms with Gasteiger partial charge in [0.1, 0.15) is 6.61 Å². The molecule has 0 saturated heterocycles. The molecule has 0 unspecified atom stereocenters. The minimum Gasteiger partial charge on any atom is -0.490 e. The van der Waals surface area contributed by atoms with Crippen molar-refractivity contribution >= 4 is 11.7 Å². The van der Waals surface area contributed by atoms with Crippen LogP contribution in [0.1, 0.15) is 22.8 Å². The van der Waals surface area contributed by atoms with Gasteiger partial charge in [-0.1, -0.05) is 18.1 Å². The van der Waals surface area contributed by atoms with Crippen LogP contribution in [0, 0.1) is 12.3 Å². The molecule has 0 aliphatic heterocycles. The number of rotatable bonds is 8. The van der Waals surface area contributed by atoms with Gasteiger partial charge in [-0.25, -0.2) is 4.79 Å². The summed E-state index contributed by atoms with van der Waals surface area (Å²) in [4.78, 5) is 11.0. The van der Waals surface area contributed by atoms with E-state index < -0.39 is 5.97 Å². The summed E-state index contributed by atoms with van der Waals surface area (Å²) in [5, 5.41) is 12.2. The van der Waals surface area contributed by atoms with E-state index in [2.05, 4.69) is 11.2 Å². The molecule has 24 heavy (non-hydrogen) atoms. The van der Waals surface area contributed by atoms with Crippen molar-refractivity contribution in [2.75, 3.05) is 18.5 Å². The van der Waals surface area contributed by atoms with Gasteiger partial charge < -0.3 is 19.9 Å². The molecule has 0 fully saturated rings. The first-order valence-electron chi connectivity index (χ1n) is 7.53. The van der Waals surface area contributed by atoms with Crippen LogP contribution < -0.4 is 14.8 Å². The first-order chi connectivity index (χ1) is 11.6. The fourth-order valence-electron chi connectivity index (χ4n) is 2.14. The zero-order valence-electron chi connectivity index (χ0n) is 13.4. The Morgan fingerprint density at radius 2 is 2.04 bits per heavy atom. The van der Waals surface area contributed by atoms with Gasteiger partial charge in [-0.15, -0.1) is 6.42 Å². The van der Waals surface area contributed by atoms with E-state index in [0.717, 1.165) is 11.3 Å². The predicted molar refractivity (Wildman–Crippen MR) is 92.7 cm³/mol. The summed E-state index contributed by atoms with van der Waals surface area (Å²) < 4.78 is 11.0. The SMILES string of the molecule is C#CCOc1ccc(CNc2cccc(C(=O)O)c2)cc1OCC. The van der Waals surface area contributed by atoms with Gasteiger partial charge >= 0.3 is 5.97 Å². The van der Waals surface area contributed by atoms with Crippen LogP contribution in [-0.2, 0) is 6.54 Å². The van der Waals surface area contributed by atoms with Gasteiger partial charge in [0.15, 0.2) is 11.5 Å². The first kappa shape index (κ1) is 17.2. The minimum atomic E-state index is -0.952. The van der Waals surface area contributed by atoms with Crippen LogP contribution in [0.3, 0.4) is 0 Å². The maximum atomic E-state index is 11.0. The maximum absolute atomic E-state index is 11.0. The summed E-state index contributed by atoms with van der Waals surface area (Å²) in [5.41, 5.74) is 1.96. The Morgan fingerprint density at radius 3 is 2.75 bits per heavy atom. The third-order valence-electron chi connectivity index (χ3n) is 3.23. The Morgan fingerprint density at radius 1 is 1.21 bits per heavy atom. The highest BCUT2D eigenvalue weighted by Gasteiger charge is 2.07. The van der Waals surface area contributed by atoms with E-state index in [9.17, 15) is 4.79 Å². The zero-order valence-corrected chi connectivity index (χ0v) is 13.4. The molecule has 5 nitrogen and oxygen atoms in total. The van der Waals surface area contributed by atoms with Crippen molar-refractivity contribution in [3.8, 4) is 23.8 Å². The van der Waals surface area contributed by atoms with Gasteiger partial charge in [-0.05, 0) is 42.8 Å². The van der Waals surface area contributed by atoms with Crippen LogP contribution in [-0.4, -0.2) is 24.3 Å². The molecule has 0 bridgehead atoms. The van der Waals surface area contributed by atoms with Crippen LogP contribution >= 0.6 is 0 Å². The summed E-state index contributed by atoms with van der Waals surface area (Å²) in [5.74, 6) is 2.71. The van der Waals surface area contributed by atoms with Gasteiger partial charge in [0.2, 0.25) is 0 Å². The number of aromatic carboxylic acids is 1. The van der Waals surface area contributed by atoms with Crippen molar-refractivity contribution in [2.24, 2.45) is 0 Å². The van der Waals surface area contributed by atoms with Crippen molar-refractivity contribution in [1.82, 2.24) is 0 Å². The molecule has 5 heteroatoms. The van der Waals surface area contributed by atoms with Crippen LogP contribution in [0.15, 0.2) is 42.5 Å². The van der Waals surface area contributed by atoms with E-state index >= 15 is 0 Å². The summed E-state index contributed by atoms with van der Waals surface area (Å²) in [6.45, 7) is 3.12. The summed E-state index contributed by atoms with van der Waals surface area (Å²) in [7, 11) is 0. The summed E-state index contributed by atoms with van der Waals surface area (Å²) in [6, 6.07) is 12.3. The molecule has 2 N–H and O–H groups in total. The quantitative estimate of drug-likeness (QED) is 0.728. The molecule has 0 aliphatic carbocycles. The topological polar surface area (TPSA) is 67.8 Å². The summed E-state index contributed by atoms with van der Waals surface area (Å²) in [6.07, 6.45) is 5.21. The number of ether oxygens (including phenoxy) is 2. The number of hydrogen-bond acceptors (Lipinski definition) is 4. The normalized spacial score (nSPS) is 9.83.